The highest BCUT2D eigenvalue weighted by Gasteiger charge is 2.52. The van der Waals surface area contributed by atoms with Gasteiger partial charge in [-0.3, -0.25) is 0 Å². The van der Waals surface area contributed by atoms with Crippen molar-refractivity contribution < 1.29 is 0 Å². The van der Waals surface area contributed by atoms with E-state index in [0.717, 1.165) is 22.7 Å². The fourth-order valence-corrected chi connectivity index (χ4v) is 10.2. The summed E-state index contributed by atoms with van der Waals surface area (Å²) in [4.78, 5) is 2.53. The van der Waals surface area contributed by atoms with E-state index in [2.05, 4.69) is 228 Å². The summed E-state index contributed by atoms with van der Waals surface area (Å²) >= 11 is 0. The number of hydrogen-bond acceptors (Lipinski definition) is 1. The summed E-state index contributed by atoms with van der Waals surface area (Å²) in [6.07, 6.45) is 0. The molecule has 0 aliphatic heterocycles. The lowest BCUT2D eigenvalue weighted by Crippen LogP contribution is -2.26. The summed E-state index contributed by atoms with van der Waals surface area (Å²) in [5.74, 6) is 0. The van der Waals surface area contributed by atoms with Crippen LogP contribution in [0.5, 0.6) is 0 Å². The number of fused-ring (bicyclic) bond motifs is 13. The van der Waals surface area contributed by atoms with Crippen molar-refractivity contribution in [2.45, 2.75) is 5.41 Å². The molecule has 0 N–H and O–H groups in total. The molecule has 10 aromatic rings. The first-order chi connectivity index (χ1) is 28.3. The normalized spacial score (nSPS) is 13.1. The molecule has 0 radical (unpaired) electrons. The molecule has 9 aromatic carbocycles. The maximum Gasteiger partial charge on any atom is 0.0726 e. The fraction of sp³-hybridized carbons (Fsp3) is 0.0182. The van der Waals surface area contributed by atoms with E-state index in [4.69, 9.17) is 0 Å². The minimum Gasteiger partial charge on any atom is -0.309 e. The average molecular weight is 725 g/mol. The smallest absolute Gasteiger partial charge is 0.0726 e. The van der Waals surface area contributed by atoms with Crippen molar-refractivity contribution in [3.63, 3.8) is 0 Å². The quantitative estimate of drug-likeness (QED) is 0.172. The summed E-state index contributed by atoms with van der Waals surface area (Å²) in [5.41, 5.74) is 19.4. The molecule has 0 fully saturated rings. The number of nitrogens with zero attached hydrogens (tertiary/aromatic N) is 2. The number of anilines is 3. The van der Waals surface area contributed by atoms with Crippen LogP contribution in [-0.4, -0.2) is 4.57 Å². The monoisotopic (exact) mass is 724 g/mol. The zero-order valence-electron chi connectivity index (χ0n) is 31.2. The van der Waals surface area contributed by atoms with E-state index < -0.39 is 5.41 Å². The highest BCUT2D eigenvalue weighted by Crippen LogP contribution is 2.64. The molecule has 1 aromatic heterocycles. The highest BCUT2D eigenvalue weighted by molar-refractivity contribution is 6.11. The number of hydrogen-bond donors (Lipinski definition) is 0. The van der Waals surface area contributed by atoms with E-state index in [1.54, 1.807) is 0 Å². The zero-order chi connectivity index (χ0) is 37.5. The summed E-state index contributed by atoms with van der Waals surface area (Å²) in [6.45, 7) is 0. The minimum atomic E-state index is -0.438. The summed E-state index contributed by atoms with van der Waals surface area (Å²) in [5, 5.41) is 2.45. The Morgan fingerprint density at radius 2 is 0.877 bits per heavy atom. The van der Waals surface area contributed by atoms with Gasteiger partial charge in [0.05, 0.1) is 27.8 Å². The zero-order valence-corrected chi connectivity index (χ0v) is 31.2. The van der Waals surface area contributed by atoms with Crippen LogP contribution in [0.15, 0.2) is 218 Å². The number of rotatable bonds is 5. The third-order valence-electron chi connectivity index (χ3n) is 12.4. The number of benzene rings is 9. The van der Waals surface area contributed by atoms with Gasteiger partial charge >= 0.3 is 0 Å². The highest BCUT2D eigenvalue weighted by atomic mass is 15.1. The fourth-order valence-electron chi connectivity index (χ4n) is 10.2. The molecule has 57 heavy (non-hydrogen) atoms. The second-order valence-corrected chi connectivity index (χ2v) is 15.2. The van der Waals surface area contributed by atoms with E-state index in [-0.39, 0.29) is 0 Å². The third-order valence-corrected chi connectivity index (χ3v) is 12.4. The first-order valence-corrected chi connectivity index (χ1v) is 19.8. The Bertz CT molecular complexity index is 3150. The van der Waals surface area contributed by atoms with Gasteiger partial charge in [0.25, 0.3) is 0 Å². The Balaban J connectivity index is 1.18. The topological polar surface area (TPSA) is 8.17 Å². The maximum atomic E-state index is 2.53. The molecule has 0 saturated heterocycles. The molecular weight excluding hydrogens is 689 g/mol. The van der Waals surface area contributed by atoms with Crippen molar-refractivity contribution in [2.75, 3.05) is 4.90 Å². The first kappa shape index (κ1) is 31.9. The molecule has 266 valence electrons. The van der Waals surface area contributed by atoms with Crippen LogP contribution in [0.1, 0.15) is 22.3 Å². The molecule has 0 saturated carbocycles. The summed E-state index contributed by atoms with van der Waals surface area (Å²) in [7, 11) is 0. The number of para-hydroxylation sites is 3. The van der Waals surface area contributed by atoms with Crippen LogP contribution in [-0.2, 0) is 5.41 Å². The summed E-state index contributed by atoms with van der Waals surface area (Å²) < 4.78 is 2.39. The third kappa shape index (κ3) is 4.41. The van der Waals surface area contributed by atoms with E-state index >= 15 is 0 Å². The lowest BCUT2D eigenvalue weighted by atomic mass is 9.70. The average Bonchev–Trinajstić information content (AvgIpc) is 3.89. The van der Waals surface area contributed by atoms with Crippen LogP contribution in [0, 0.1) is 0 Å². The molecule has 2 heteroatoms. The van der Waals surface area contributed by atoms with Gasteiger partial charge in [0.2, 0.25) is 0 Å². The van der Waals surface area contributed by atoms with Gasteiger partial charge in [0, 0.05) is 33.3 Å². The van der Waals surface area contributed by atoms with Gasteiger partial charge in [-0.2, -0.15) is 0 Å². The SMILES string of the molecule is c1ccc(-c2ccccc2N(c2ccc3c(c2)c2ccccc2n3-c2ccccc2)c2cccc3c2-c2ccccc2C32c3ccccc3-c3ccccc32)cc1. The van der Waals surface area contributed by atoms with E-state index in [1.807, 2.05) is 0 Å². The van der Waals surface area contributed by atoms with Gasteiger partial charge < -0.3 is 9.47 Å². The van der Waals surface area contributed by atoms with Gasteiger partial charge in [-0.25, -0.2) is 0 Å². The Kier molecular flexibility index (Phi) is 6.88. The van der Waals surface area contributed by atoms with E-state index in [9.17, 15) is 0 Å². The first-order valence-electron chi connectivity index (χ1n) is 19.8. The molecule has 0 atom stereocenters. The molecule has 2 aliphatic rings. The molecule has 2 aliphatic carbocycles. The van der Waals surface area contributed by atoms with Gasteiger partial charge in [0.15, 0.2) is 0 Å². The van der Waals surface area contributed by atoms with Crippen LogP contribution in [0.2, 0.25) is 0 Å². The van der Waals surface area contributed by atoms with Gasteiger partial charge in [-0.1, -0.05) is 170 Å². The molecule has 1 heterocycles. The van der Waals surface area contributed by atoms with E-state index in [1.165, 1.54) is 77.4 Å². The van der Waals surface area contributed by atoms with Crippen molar-refractivity contribution in [3.05, 3.63) is 241 Å². The predicted octanol–water partition coefficient (Wildman–Crippen LogP) is 14.3. The predicted molar refractivity (Wildman–Crippen MR) is 237 cm³/mol. The van der Waals surface area contributed by atoms with Crippen LogP contribution in [0.3, 0.4) is 0 Å². The molecule has 12 rings (SSSR count). The molecule has 1 spiro atoms. The van der Waals surface area contributed by atoms with Gasteiger partial charge in [-0.15, -0.1) is 0 Å². The van der Waals surface area contributed by atoms with Crippen molar-refractivity contribution >= 4 is 38.9 Å². The second kappa shape index (κ2) is 12.3. The van der Waals surface area contributed by atoms with Crippen LogP contribution < -0.4 is 4.90 Å². The molecule has 2 nitrogen and oxygen atoms in total. The number of aromatic nitrogens is 1. The standard InChI is InChI=1S/C55H36N2/c1-3-18-37(19-4-1)40-22-10-15-31-50(40)57(39-34-35-52-45(36-39)43-25-11-16-32-51(43)56(52)38-20-5-2-6-21-38)53-33-17-30-49-54(53)44-26-9-14-29-48(44)55(49)46-27-12-7-23-41(46)42-24-8-13-28-47(42)55/h1-36H. The Labute approximate surface area is 332 Å². The van der Waals surface area contributed by atoms with E-state index in [0.29, 0.717) is 0 Å². The van der Waals surface area contributed by atoms with Gasteiger partial charge in [-0.05, 0) is 93.0 Å². The minimum absolute atomic E-state index is 0.438. The van der Waals surface area contributed by atoms with Crippen molar-refractivity contribution in [3.8, 4) is 39.1 Å². The van der Waals surface area contributed by atoms with Gasteiger partial charge in [0.1, 0.15) is 0 Å². The maximum absolute atomic E-state index is 2.53. The van der Waals surface area contributed by atoms with Crippen molar-refractivity contribution in [1.29, 1.82) is 0 Å². The molecule has 0 bridgehead atoms. The lowest BCUT2D eigenvalue weighted by Gasteiger charge is -2.32. The summed E-state index contributed by atoms with van der Waals surface area (Å²) in [6, 6.07) is 80.5. The Morgan fingerprint density at radius 3 is 1.61 bits per heavy atom. The van der Waals surface area contributed by atoms with Crippen LogP contribution in [0.25, 0.3) is 60.9 Å². The van der Waals surface area contributed by atoms with Crippen LogP contribution in [0.4, 0.5) is 17.1 Å². The van der Waals surface area contributed by atoms with Crippen LogP contribution >= 0.6 is 0 Å². The van der Waals surface area contributed by atoms with Crippen molar-refractivity contribution in [1.82, 2.24) is 4.57 Å². The molecule has 0 unspecified atom stereocenters. The van der Waals surface area contributed by atoms with Crippen molar-refractivity contribution in [2.24, 2.45) is 0 Å². The Morgan fingerprint density at radius 1 is 0.351 bits per heavy atom. The largest absolute Gasteiger partial charge is 0.309 e. The molecular formula is C55H36N2. The second-order valence-electron chi connectivity index (χ2n) is 15.2. The molecule has 0 amide bonds. The lowest BCUT2D eigenvalue weighted by molar-refractivity contribution is 0.794. The Hall–Kier alpha value is -7.42.